The number of hydrogen-bond donors (Lipinski definition) is 0. The molecule has 2 aliphatic rings. The summed E-state index contributed by atoms with van der Waals surface area (Å²) in [5, 5.41) is 0. The SMILES string of the molecule is O=C(/C=C/CCc1ccc2c(c1)OCO2)N1CCCCC1. The topological polar surface area (TPSA) is 38.8 Å². The number of ether oxygens (including phenoxy) is 2. The van der Waals surface area contributed by atoms with E-state index in [0.717, 1.165) is 50.3 Å². The van der Waals surface area contributed by atoms with Crippen LogP contribution in [0.4, 0.5) is 0 Å². The van der Waals surface area contributed by atoms with Gasteiger partial charge in [0.15, 0.2) is 11.5 Å². The minimum Gasteiger partial charge on any atom is -0.454 e. The second-order valence-electron chi connectivity index (χ2n) is 5.51. The Hall–Kier alpha value is -1.97. The van der Waals surface area contributed by atoms with Crippen molar-refractivity contribution < 1.29 is 14.3 Å². The summed E-state index contributed by atoms with van der Waals surface area (Å²) in [6.07, 6.45) is 8.98. The number of carbonyl (C=O) groups is 1. The first kappa shape index (κ1) is 14.0. The normalized spacial score (nSPS) is 17.4. The van der Waals surface area contributed by atoms with Crippen LogP contribution in [0.5, 0.6) is 11.5 Å². The number of rotatable bonds is 4. The number of likely N-dealkylation sites (tertiary alicyclic amines) is 1. The van der Waals surface area contributed by atoms with Crippen molar-refractivity contribution in [2.45, 2.75) is 32.1 Å². The first-order chi connectivity index (χ1) is 10.3. The molecule has 0 atom stereocenters. The predicted molar refractivity (Wildman–Crippen MR) is 80.5 cm³/mol. The third-order valence-corrected chi connectivity index (χ3v) is 3.96. The van der Waals surface area contributed by atoms with Crippen molar-refractivity contribution >= 4 is 5.91 Å². The van der Waals surface area contributed by atoms with Gasteiger partial charge in [-0.25, -0.2) is 0 Å². The van der Waals surface area contributed by atoms with Crippen LogP contribution in [0, 0.1) is 0 Å². The average molecular weight is 287 g/mol. The molecule has 2 aliphatic heterocycles. The van der Waals surface area contributed by atoms with E-state index in [1.807, 2.05) is 29.2 Å². The summed E-state index contributed by atoms with van der Waals surface area (Å²) in [6.45, 7) is 2.12. The van der Waals surface area contributed by atoms with Gasteiger partial charge in [0, 0.05) is 13.1 Å². The summed E-state index contributed by atoms with van der Waals surface area (Å²) in [5.41, 5.74) is 1.20. The Morgan fingerprint density at radius 3 is 2.81 bits per heavy atom. The van der Waals surface area contributed by atoms with Gasteiger partial charge < -0.3 is 14.4 Å². The van der Waals surface area contributed by atoms with Crippen molar-refractivity contribution in [3.63, 3.8) is 0 Å². The summed E-state index contributed by atoms with van der Waals surface area (Å²) < 4.78 is 10.7. The van der Waals surface area contributed by atoms with Crippen molar-refractivity contribution in [3.05, 3.63) is 35.9 Å². The van der Waals surface area contributed by atoms with Gasteiger partial charge in [0.25, 0.3) is 0 Å². The van der Waals surface area contributed by atoms with Crippen molar-refractivity contribution in [3.8, 4) is 11.5 Å². The van der Waals surface area contributed by atoms with Gasteiger partial charge in [-0.15, -0.1) is 0 Å². The number of nitrogens with zero attached hydrogens (tertiary/aromatic N) is 1. The van der Waals surface area contributed by atoms with Gasteiger partial charge in [-0.2, -0.15) is 0 Å². The molecule has 1 saturated heterocycles. The lowest BCUT2D eigenvalue weighted by molar-refractivity contribution is -0.126. The molecule has 0 aromatic heterocycles. The molecule has 112 valence electrons. The van der Waals surface area contributed by atoms with Crippen molar-refractivity contribution in [2.75, 3.05) is 19.9 Å². The van der Waals surface area contributed by atoms with Crippen LogP contribution >= 0.6 is 0 Å². The Kier molecular flexibility index (Phi) is 4.43. The molecule has 0 spiro atoms. The standard InChI is InChI=1S/C17H21NO3/c19-17(18-10-4-1-5-11-18)7-3-2-6-14-8-9-15-16(12-14)21-13-20-15/h3,7-9,12H,1-2,4-6,10-11,13H2/b7-3+. The molecule has 0 bridgehead atoms. The Morgan fingerprint density at radius 1 is 1.14 bits per heavy atom. The molecule has 3 rings (SSSR count). The summed E-state index contributed by atoms with van der Waals surface area (Å²) in [7, 11) is 0. The Morgan fingerprint density at radius 2 is 1.95 bits per heavy atom. The average Bonchev–Trinajstić information content (AvgIpc) is 3.00. The molecule has 0 N–H and O–H groups in total. The molecule has 21 heavy (non-hydrogen) atoms. The molecule has 2 heterocycles. The molecule has 0 unspecified atom stereocenters. The number of amides is 1. The highest BCUT2D eigenvalue weighted by Crippen LogP contribution is 2.32. The van der Waals surface area contributed by atoms with Crippen LogP contribution in [0.2, 0.25) is 0 Å². The Bertz CT molecular complexity index is 533. The van der Waals surface area contributed by atoms with E-state index in [1.165, 1.54) is 12.0 Å². The van der Waals surface area contributed by atoms with Crippen LogP contribution in [-0.2, 0) is 11.2 Å². The number of benzene rings is 1. The molecule has 1 aromatic rings. The van der Waals surface area contributed by atoms with Gasteiger partial charge in [-0.3, -0.25) is 4.79 Å². The molecule has 4 nitrogen and oxygen atoms in total. The van der Waals surface area contributed by atoms with Gasteiger partial charge >= 0.3 is 0 Å². The van der Waals surface area contributed by atoms with Gasteiger partial charge in [0.05, 0.1) is 0 Å². The Balaban J connectivity index is 1.47. The molecule has 4 heteroatoms. The van der Waals surface area contributed by atoms with E-state index in [1.54, 1.807) is 6.08 Å². The van der Waals surface area contributed by atoms with Gasteiger partial charge in [0.2, 0.25) is 12.7 Å². The van der Waals surface area contributed by atoms with E-state index in [2.05, 4.69) is 0 Å². The largest absolute Gasteiger partial charge is 0.454 e. The fourth-order valence-electron chi connectivity index (χ4n) is 2.75. The minimum atomic E-state index is 0.153. The smallest absolute Gasteiger partial charge is 0.246 e. The highest BCUT2D eigenvalue weighted by Gasteiger charge is 2.14. The summed E-state index contributed by atoms with van der Waals surface area (Å²) in [4.78, 5) is 13.9. The van der Waals surface area contributed by atoms with E-state index in [9.17, 15) is 4.79 Å². The van der Waals surface area contributed by atoms with Gasteiger partial charge in [0.1, 0.15) is 0 Å². The number of carbonyl (C=O) groups excluding carboxylic acids is 1. The Labute approximate surface area is 125 Å². The number of hydrogen-bond acceptors (Lipinski definition) is 3. The first-order valence-electron chi connectivity index (χ1n) is 7.67. The van der Waals surface area contributed by atoms with Crippen molar-refractivity contribution in [1.29, 1.82) is 0 Å². The van der Waals surface area contributed by atoms with Crippen LogP contribution < -0.4 is 9.47 Å². The second-order valence-corrected chi connectivity index (χ2v) is 5.51. The van der Waals surface area contributed by atoms with Crippen molar-refractivity contribution in [1.82, 2.24) is 4.90 Å². The third-order valence-electron chi connectivity index (χ3n) is 3.96. The minimum absolute atomic E-state index is 0.153. The maximum absolute atomic E-state index is 12.0. The highest BCUT2D eigenvalue weighted by atomic mass is 16.7. The maximum atomic E-state index is 12.0. The molecule has 1 aromatic carbocycles. The predicted octanol–water partition coefficient (Wildman–Crippen LogP) is 2.92. The zero-order valence-corrected chi connectivity index (χ0v) is 12.2. The molecule has 0 aliphatic carbocycles. The highest BCUT2D eigenvalue weighted by molar-refractivity contribution is 5.87. The number of aryl methyl sites for hydroxylation is 1. The lowest BCUT2D eigenvalue weighted by atomic mass is 10.1. The zero-order chi connectivity index (χ0) is 14.5. The van der Waals surface area contributed by atoms with Crippen LogP contribution in [-0.4, -0.2) is 30.7 Å². The van der Waals surface area contributed by atoms with Crippen molar-refractivity contribution in [2.24, 2.45) is 0 Å². The van der Waals surface area contributed by atoms with E-state index in [0.29, 0.717) is 6.79 Å². The van der Waals surface area contributed by atoms with E-state index in [-0.39, 0.29) is 5.91 Å². The fourth-order valence-corrected chi connectivity index (χ4v) is 2.75. The fraction of sp³-hybridized carbons (Fsp3) is 0.471. The molecule has 0 saturated carbocycles. The summed E-state index contributed by atoms with van der Waals surface area (Å²) in [5.74, 6) is 1.79. The third kappa shape index (κ3) is 3.57. The zero-order valence-electron chi connectivity index (χ0n) is 12.2. The van der Waals surface area contributed by atoms with Crippen LogP contribution in [0.25, 0.3) is 0 Å². The van der Waals surface area contributed by atoms with E-state index in [4.69, 9.17) is 9.47 Å². The van der Waals surface area contributed by atoms with Gasteiger partial charge in [-0.05, 0) is 55.9 Å². The van der Waals surface area contributed by atoms with Crippen LogP contribution in [0.3, 0.4) is 0 Å². The number of fused-ring (bicyclic) bond motifs is 1. The van der Waals surface area contributed by atoms with Gasteiger partial charge in [-0.1, -0.05) is 12.1 Å². The molecule has 1 fully saturated rings. The van der Waals surface area contributed by atoms with E-state index >= 15 is 0 Å². The maximum Gasteiger partial charge on any atom is 0.246 e. The molecular formula is C17H21NO3. The van der Waals surface area contributed by atoms with E-state index < -0.39 is 0 Å². The second kappa shape index (κ2) is 6.66. The number of piperidine rings is 1. The molecule has 0 radical (unpaired) electrons. The lowest BCUT2D eigenvalue weighted by Gasteiger charge is -2.25. The lowest BCUT2D eigenvalue weighted by Crippen LogP contribution is -2.34. The molecular weight excluding hydrogens is 266 g/mol. The first-order valence-corrected chi connectivity index (χ1v) is 7.67. The van der Waals surface area contributed by atoms with Crippen LogP contribution in [0.1, 0.15) is 31.2 Å². The van der Waals surface area contributed by atoms with Crippen LogP contribution in [0.15, 0.2) is 30.4 Å². The summed E-state index contributed by atoms with van der Waals surface area (Å²) >= 11 is 0. The monoisotopic (exact) mass is 287 g/mol. The quantitative estimate of drug-likeness (QED) is 0.799. The summed E-state index contributed by atoms with van der Waals surface area (Å²) in [6, 6.07) is 6.01. The molecule has 1 amide bonds. The number of allylic oxidation sites excluding steroid dienone is 1.